The molecule has 0 bridgehead atoms. The average molecular weight is 318 g/mol. The molecule has 1 saturated carbocycles. The molecule has 3 nitrogen and oxygen atoms in total. The maximum atomic E-state index is 11.6. The number of esters is 1. The lowest BCUT2D eigenvalue weighted by atomic mass is 9.84. The number of carbonyl (C=O) groups excluding carboxylic acids is 1. The Bertz CT molecular complexity index is 497. The Hall–Kier alpha value is -1.77. The van der Waals surface area contributed by atoms with Crippen LogP contribution in [0.4, 0.5) is 0 Å². The molecule has 1 fully saturated rings. The number of para-hydroxylation sites is 1. The molecule has 0 aliphatic heterocycles. The van der Waals surface area contributed by atoms with E-state index in [0.717, 1.165) is 18.4 Å². The van der Waals surface area contributed by atoms with E-state index in [1.165, 1.54) is 38.2 Å². The van der Waals surface area contributed by atoms with Gasteiger partial charge in [0.05, 0.1) is 0 Å². The molecule has 1 aliphatic carbocycles. The molecule has 1 aliphatic rings. The number of aliphatic hydroxyl groups excluding tert-OH is 1. The van der Waals surface area contributed by atoms with Crippen molar-refractivity contribution in [2.24, 2.45) is 0 Å². The van der Waals surface area contributed by atoms with E-state index >= 15 is 0 Å². The molecule has 0 amide bonds. The topological polar surface area (TPSA) is 46.5 Å². The fraction of sp³-hybridized carbons (Fsp3) is 0.550. The number of unbranched alkanes of at least 4 members (excludes halogenated alkanes) is 1. The smallest absolute Gasteiger partial charge is 0.378 e. The van der Waals surface area contributed by atoms with Gasteiger partial charge in [-0.05, 0) is 43.4 Å². The first-order valence-corrected chi connectivity index (χ1v) is 8.80. The third kappa shape index (κ3) is 6.47. The van der Waals surface area contributed by atoms with Crippen LogP contribution in [0, 0.1) is 0 Å². The normalized spacial score (nSPS) is 15.5. The maximum absolute atomic E-state index is 11.6. The van der Waals surface area contributed by atoms with Crippen LogP contribution in [-0.4, -0.2) is 11.1 Å². The van der Waals surface area contributed by atoms with Gasteiger partial charge in [0, 0.05) is 0 Å². The van der Waals surface area contributed by atoms with Crippen LogP contribution in [0.15, 0.2) is 36.1 Å². The maximum Gasteiger partial charge on any atom is 0.378 e. The summed E-state index contributed by atoms with van der Waals surface area (Å²) in [5, 5.41) is 9.38. The quantitative estimate of drug-likeness (QED) is 0.325. The largest absolute Gasteiger partial charge is 0.502 e. The lowest BCUT2D eigenvalue weighted by Gasteiger charge is -2.23. The minimum Gasteiger partial charge on any atom is -0.502 e. The summed E-state index contributed by atoms with van der Waals surface area (Å²) < 4.78 is 5.29. The van der Waals surface area contributed by atoms with Gasteiger partial charge in [0.25, 0.3) is 0 Å². The third-order valence-electron chi connectivity index (χ3n) is 4.15. The van der Waals surface area contributed by atoms with E-state index in [0.29, 0.717) is 11.7 Å². The van der Waals surface area contributed by atoms with E-state index in [9.17, 15) is 9.90 Å². The van der Waals surface area contributed by atoms with Gasteiger partial charge in [0.15, 0.2) is 5.76 Å². The highest BCUT2D eigenvalue weighted by Gasteiger charge is 2.20. The summed E-state index contributed by atoms with van der Waals surface area (Å²) in [7, 11) is 0. The summed E-state index contributed by atoms with van der Waals surface area (Å²) in [6.07, 6.45) is 10.0. The molecule has 1 aromatic carbocycles. The van der Waals surface area contributed by atoms with Crippen molar-refractivity contribution in [1.82, 2.24) is 0 Å². The summed E-state index contributed by atoms with van der Waals surface area (Å²) in [6.45, 7) is 5.96. The van der Waals surface area contributed by atoms with Crippen molar-refractivity contribution in [3.8, 4) is 5.75 Å². The van der Waals surface area contributed by atoms with E-state index in [1.54, 1.807) is 13.0 Å². The second-order valence-electron chi connectivity index (χ2n) is 5.94. The second kappa shape index (κ2) is 10.9. The van der Waals surface area contributed by atoms with Crippen molar-refractivity contribution < 1.29 is 14.6 Å². The summed E-state index contributed by atoms with van der Waals surface area (Å²) in [5.41, 5.74) is 1.08. The summed E-state index contributed by atoms with van der Waals surface area (Å²) in [5.74, 6) is 0.00232. The van der Waals surface area contributed by atoms with Crippen molar-refractivity contribution in [1.29, 1.82) is 0 Å². The molecule has 0 saturated heterocycles. The van der Waals surface area contributed by atoms with Crippen molar-refractivity contribution in [2.75, 3.05) is 0 Å². The van der Waals surface area contributed by atoms with Gasteiger partial charge in [-0.3, -0.25) is 0 Å². The van der Waals surface area contributed by atoms with Gasteiger partial charge in [0.1, 0.15) is 5.75 Å². The molecule has 0 spiro atoms. The number of ether oxygens (including phenoxy) is 1. The van der Waals surface area contributed by atoms with Crippen LogP contribution in [0.3, 0.4) is 0 Å². The minimum absolute atomic E-state index is 0.349. The fourth-order valence-electron chi connectivity index (χ4n) is 2.59. The van der Waals surface area contributed by atoms with E-state index in [-0.39, 0.29) is 5.76 Å². The third-order valence-corrected chi connectivity index (χ3v) is 4.15. The summed E-state index contributed by atoms with van der Waals surface area (Å²) in [6, 6.07) is 7.63. The molecule has 0 radical (unpaired) electrons. The lowest BCUT2D eigenvalue weighted by molar-refractivity contribution is -0.133. The zero-order valence-corrected chi connectivity index (χ0v) is 14.7. The van der Waals surface area contributed by atoms with Crippen molar-refractivity contribution in [2.45, 2.75) is 71.6 Å². The van der Waals surface area contributed by atoms with Crippen LogP contribution < -0.4 is 4.74 Å². The Morgan fingerprint density at radius 3 is 2.35 bits per heavy atom. The molecular formula is C20H30O3. The van der Waals surface area contributed by atoms with Gasteiger partial charge in [-0.25, -0.2) is 4.79 Å². The molecule has 0 aromatic heterocycles. The monoisotopic (exact) mass is 318 g/mol. The number of hydrogen-bond acceptors (Lipinski definition) is 3. The van der Waals surface area contributed by atoms with Gasteiger partial charge in [-0.2, -0.15) is 0 Å². The van der Waals surface area contributed by atoms with Crippen LogP contribution in [0.5, 0.6) is 5.75 Å². The van der Waals surface area contributed by atoms with Gasteiger partial charge in [-0.15, -0.1) is 0 Å². The first kappa shape index (κ1) is 19.3. The Balaban J connectivity index is 0.000000593. The lowest BCUT2D eigenvalue weighted by Crippen LogP contribution is -2.13. The van der Waals surface area contributed by atoms with Gasteiger partial charge in [-0.1, -0.05) is 64.2 Å². The highest BCUT2D eigenvalue weighted by Crippen LogP contribution is 2.37. The van der Waals surface area contributed by atoms with Crippen LogP contribution in [0.1, 0.15) is 77.2 Å². The van der Waals surface area contributed by atoms with E-state index in [1.807, 2.05) is 18.2 Å². The molecule has 0 atom stereocenters. The molecule has 2 rings (SSSR count). The molecular weight excluding hydrogens is 288 g/mol. The average Bonchev–Trinajstić information content (AvgIpc) is 2.62. The standard InChI is InChI=1S/C16H20O3.C4H10/c1-2-14(17)16(18)19-15-11-7-6-10-13(15)12-8-4-3-5-9-12;1-3-4-2/h2,6-7,10-12,17H,3-5,8-9H2,1H3;3-4H2,1-2H3. The molecule has 1 N–H and O–H groups in total. The number of rotatable bonds is 4. The van der Waals surface area contributed by atoms with Crippen molar-refractivity contribution in [3.05, 3.63) is 41.7 Å². The SMILES string of the molecule is CC=C(O)C(=O)Oc1ccccc1C1CCCCC1.CCCC. The first-order valence-electron chi connectivity index (χ1n) is 8.80. The van der Waals surface area contributed by atoms with Crippen LogP contribution >= 0.6 is 0 Å². The zero-order valence-electron chi connectivity index (χ0n) is 14.7. The van der Waals surface area contributed by atoms with Crippen molar-refractivity contribution in [3.63, 3.8) is 0 Å². The molecule has 3 heteroatoms. The molecule has 0 unspecified atom stereocenters. The molecule has 1 aromatic rings. The van der Waals surface area contributed by atoms with Gasteiger partial charge in [0.2, 0.25) is 0 Å². The van der Waals surface area contributed by atoms with Gasteiger partial charge >= 0.3 is 5.97 Å². The highest BCUT2D eigenvalue weighted by molar-refractivity contribution is 5.87. The van der Waals surface area contributed by atoms with E-state index in [2.05, 4.69) is 13.8 Å². The Morgan fingerprint density at radius 1 is 1.17 bits per heavy atom. The van der Waals surface area contributed by atoms with Crippen LogP contribution in [-0.2, 0) is 4.79 Å². The Kier molecular flexibility index (Phi) is 9.11. The molecule has 0 heterocycles. The Morgan fingerprint density at radius 2 is 1.78 bits per heavy atom. The number of benzene rings is 1. The molecule has 128 valence electrons. The Labute approximate surface area is 140 Å². The zero-order chi connectivity index (χ0) is 17.1. The number of hydrogen-bond donors (Lipinski definition) is 1. The van der Waals surface area contributed by atoms with Crippen LogP contribution in [0.2, 0.25) is 0 Å². The number of allylic oxidation sites excluding steroid dienone is 1. The predicted octanol–water partition coefficient (Wildman–Crippen LogP) is 5.91. The highest BCUT2D eigenvalue weighted by atomic mass is 16.5. The summed E-state index contributed by atoms with van der Waals surface area (Å²) >= 11 is 0. The number of aliphatic hydroxyl groups is 1. The molecule has 23 heavy (non-hydrogen) atoms. The first-order chi connectivity index (χ1) is 11.1. The predicted molar refractivity (Wildman–Crippen MR) is 94.9 cm³/mol. The van der Waals surface area contributed by atoms with Crippen molar-refractivity contribution >= 4 is 5.97 Å². The summed E-state index contributed by atoms with van der Waals surface area (Å²) in [4.78, 5) is 11.6. The van der Waals surface area contributed by atoms with Gasteiger partial charge < -0.3 is 9.84 Å². The van der Waals surface area contributed by atoms with Crippen LogP contribution in [0.25, 0.3) is 0 Å². The number of carbonyl (C=O) groups is 1. The second-order valence-corrected chi connectivity index (χ2v) is 5.94. The van der Waals surface area contributed by atoms with E-state index in [4.69, 9.17) is 4.74 Å². The minimum atomic E-state index is -0.689. The fourth-order valence-corrected chi connectivity index (χ4v) is 2.59. The van der Waals surface area contributed by atoms with E-state index < -0.39 is 5.97 Å².